The topological polar surface area (TPSA) is 84.5 Å². The summed E-state index contributed by atoms with van der Waals surface area (Å²) in [6.45, 7) is 2.10. The number of nitrogens with one attached hydrogen (secondary N) is 2. The molecule has 0 unspecified atom stereocenters. The number of esters is 1. The lowest BCUT2D eigenvalue weighted by Crippen LogP contribution is -2.30. The molecule has 3 rings (SSSR count). The van der Waals surface area contributed by atoms with Crippen molar-refractivity contribution in [3.05, 3.63) is 114 Å². The molecule has 178 valence electrons. The van der Waals surface area contributed by atoms with Crippen LogP contribution in [0.1, 0.15) is 22.8 Å². The van der Waals surface area contributed by atoms with Gasteiger partial charge in [0.2, 0.25) is 0 Å². The van der Waals surface area contributed by atoms with Gasteiger partial charge in [0.15, 0.2) is 0 Å². The molecule has 0 spiro atoms. The van der Waals surface area contributed by atoms with Crippen molar-refractivity contribution < 1.29 is 19.1 Å². The van der Waals surface area contributed by atoms with Crippen molar-refractivity contribution in [2.75, 3.05) is 17.7 Å². The maximum atomic E-state index is 13.1. The zero-order valence-corrected chi connectivity index (χ0v) is 20.1. The second kappa shape index (κ2) is 13.6. The average molecular weight is 487 g/mol. The summed E-state index contributed by atoms with van der Waals surface area (Å²) in [4.78, 5) is 38.2. The first-order valence-corrected chi connectivity index (χ1v) is 12.0. The van der Waals surface area contributed by atoms with E-state index in [1.165, 1.54) is 17.8 Å². The number of hydrogen-bond acceptors (Lipinski definition) is 5. The lowest BCUT2D eigenvalue weighted by Gasteiger charge is -2.12. The van der Waals surface area contributed by atoms with Crippen molar-refractivity contribution in [2.24, 2.45) is 0 Å². The van der Waals surface area contributed by atoms with Crippen LogP contribution in [0.25, 0.3) is 6.08 Å². The molecule has 0 aliphatic carbocycles. The summed E-state index contributed by atoms with van der Waals surface area (Å²) in [5, 5.41) is 5.59. The van der Waals surface area contributed by atoms with Crippen LogP contribution in [-0.2, 0) is 14.3 Å². The molecule has 7 heteroatoms. The third-order valence-corrected chi connectivity index (χ3v) is 5.56. The Morgan fingerprint density at radius 2 is 1.63 bits per heavy atom. The average Bonchev–Trinajstić information content (AvgIpc) is 2.88. The van der Waals surface area contributed by atoms with E-state index in [0.717, 1.165) is 10.5 Å². The highest BCUT2D eigenvalue weighted by Gasteiger charge is 2.15. The molecule has 0 saturated heterocycles. The summed E-state index contributed by atoms with van der Waals surface area (Å²) in [6, 6.07) is 25.4. The normalized spacial score (nSPS) is 11.2. The van der Waals surface area contributed by atoms with Gasteiger partial charge in [-0.15, -0.1) is 11.8 Å². The van der Waals surface area contributed by atoms with Crippen molar-refractivity contribution in [3.63, 3.8) is 0 Å². The predicted octanol–water partition coefficient (Wildman–Crippen LogP) is 5.31. The van der Waals surface area contributed by atoms with Crippen molar-refractivity contribution in [1.29, 1.82) is 0 Å². The Balaban J connectivity index is 1.71. The maximum Gasteiger partial charge on any atom is 0.330 e. The van der Waals surface area contributed by atoms with Crippen molar-refractivity contribution in [3.8, 4) is 0 Å². The number of ether oxygens (including phenoxy) is 1. The third kappa shape index (κ3) is 8.64. The van der Waals surface area contributed by atoms with Gasteiger partial charge in [-0.3, -0.25) is 9.59 Å². The van der Waals surface area contributed by atoms with E-state index >= 15 is 0 Å². The SMILES string of the molecule is CCOC(=O)/C=C/CSc1cccc(NC(=O)/C(=C\c2ccccc2)NC(=O)c2ccccc2)c1. The Kier molecular flexibility index (Phi) is 9.89. The monoisotopic (exact) mass is 486 g/mol. The standard InChI is InChI=1S/C28H26N2O4S/c1-2-34-26(31)17-10-18-35-24-16-9-15-23(20-24)29-28(33)25(19-21-11-5-3-6-12-21)30-27(32)22-13-7-4-8-14-22/h3-17,19-20H,2,18H2,1H3,(H,29,33)(H,30,32)/b17-10+,25-19+. The molecule has 0 radical (unpaired) electrons. The first kappa shape index (κ1) is 25.5. The van der Waals surface area contributed by atoms with Crippen LogP contribution in [0.3, 0.4) is 0 Å². The number of thioether (sulfide) groups is 1. The summed E-state index contributed by atoms with van der Waals surface area (Å²) < 4.78 is 4.86. The molecular formula is C28H26N2O4S. The molecule has 0 fully saturated rings. The lowest BCUT2D eigenvalue weighted by molar-refractivity contribution is -0.137. The predicted molar refractivity (Wildman–Crippen MR) is 140 cm³/mol. The minimum absolute atomic E-state index is 0.125. The van der Waals surface area contributed by atoms with E-state index in [4.69, 9.17) is 4.74 Å². The number of rotatable bonds is 10. The molecule has 2 amide bonds. The summed E-state index contributed by atoms with van der Waals surface area (Å²) in [5.41, 5.74) is 1.94. The fourth-order valence-corrected chi connectivity index (χ4v) is 3.77. The van der Waals surface area contributed by atoms with E-state index in [1.807, 2.05) is 54.6 Å². The Labute approximate surface area is 209 Å². The van der Waals surface area contributed by atoms with Gasteiger partial charge in [-0.2, -0.15) is 0 Å². The first-order valence-electron chi connectivity index (χ1n) is 11.1. The van der Waals surface area contributed by atoms with Crippen molar-refractivity contribution in [2.45, 2.75) is 11.8 Å². The highest BCUT2D eigenvalue weighted by Crippen LogP contribution is 2.22. The van der Waals surface area contributed by atoms with Crippen LogP contribution in [0.5, 0.6) is 0 Å². The number of amides is 2. The van der Waals surface area contributed by atoms with Crippen LogP contribution in [0.15, 0.2) is 108 Å². The van der Waals surface area contributed by atoms with Gasteiger partial charge in [0.1, 0.15) is 5.70 Å². The van der Waals surface area contributed by atoms with Crippen LogP contribution in [0.4, 0.5) is 5.69 Å². The van der Waals surface area contributed by atoms with Crippen LogP contribution < -0.4 is 10.6 Å². The minimum atomic E-state index is -0.442. The van der Waals surface area contributed by atoms with Gasteiger partial charge in [-0.25, -0.2) is 4.79 Å². The number of carbonyl (C=O) groups is 3. The Morgan fingerprint density at radius 3 is 2.34 bits per heavy atom. The number of anilines is 1. The lowest BCUT2D eigenvalue weighted by atomic mass is 10.1. The molecule has 0 aromatic heterocycles. The first-order chi connectivity index (χ1) is 17.0. The largest absolute Gasteiger partial charge is 0.463 e. The van der Waals surface area contributed by atoms with Crippen molar-refractivity contribution >= 4 is 41.3 Å². The van der Waals surface area contributed by atoms with Crippen molar-refractivity contribution in [1.82, 2.24) is 5.32 Å². The molecule has 3 aromatic carbocycles. The van der Waals surface area contributed by atoms with Gasteiger partial charge in [0, 0.05) is 28.0 Å². The maximum absolute atomic E-state index is 13.1. The molecule has 0 heterocycles. The summed E-state index contributed by atoms with van der Waals surface area (Å²) in [7, 11) is 0. The number of benzene rings is 3. The zero-order chi connectivity index (χ0) is 24.9. The molecule has 0 atom stereocenters. The molecule has 3 aromatic rings. The molecular weight excluding hydrogens is 460 g/mol. The molecule has 0 aliphatic rings. The Bertz CT molecular complexity index is 1210. The molecule has 35 heavy (non-hydrogen) atoms. The zero-order valence-electron chi connectivity index (χ0n) is 19.3. The number of hydrogen-bond donors (Lipinski definition) is 2. The Hall–Kier alpha value is -4.10. The summed E-state index contributed by atoms with van der Waals surface area (Å²) in [6.07, 6.45) is 4.76. The van der Waals surface area contributed by atoms with Gasteiger partial charge in [-0.05, 0) is 48.9 Å². The second-order valence-electron chi connectivity index (χ2n) is 7.24. The fourth-order valence-electron chi connectivity index (χ4n) is 3.00. The van der Waals surface area contributed by atoms with E-state index in [9.17, 15) is 14.4 Å². The fraction of sp³-hybridized carbons (Fsp3) is 0.107. The molecule has 0 saturated carbocycles. The van der Waals surface area contributed by atoms with E-state index in [2.05, 4.69) is 10.6 Å². The Morgan fingerprint density at radius 1 is 0.914 bits per heavy atom. The molecule has 2 N–H and O–H groups in total. The van der Waals surface area contributed by atoms with E-state index in [0.29, 0.717) is 23.6 Å². The van der Waals surface area contributed by atoms with E-state index in [-0.39, 0.29) is 17.6 Å². The summed E-state index contributed by atoms with van der Waals surface area (Å²) in [5.74, 6) is -0.616. The quantitative estimate of drug-likeness (QED) is 0.231. The highest BCUT2D eigenvalue weighted by molar-refractivity contribution is 7.99. The summed E-state index contributed by atoms with van der Waals surface area (Å²) >= 11 is 1.51. The van der Waals surface area contributed by atoms with E-state index < -0.39 is 5.91 Å². The third-order valence-electron chi connectivity index (χ3n) is 4.62. The van der Waals surface area contributed by atoms with E-state index in [1.54, 1.807) is 49.4 Å². The van der Waals surface area contributed by atoms with Crippen LogP contribution in [-0.4, -0.2) is 30.1 Å². The minimum Gasteiger partial charge on any atom is -0.463 e. The van der Waals surface area contributed by atoms with Gasteiger partial charge < -0.3 is 15.4 Å². The smallest absolute Gasteiger partial charge is 0.330 e. The van der Waals surface area contributed by atoms with Gasteiger partial charge in [-0.1, -0.05) is 60.7 Å². The second-order valence-corrected chi connectivity index (χ2v) is 8.33. The number of carbonyl (C=O) groups excluding carboxylic acids is 3. The van der Waals surface area contributed by atoms with Gasteiger partial charge >= 0.3 is 5.97 Å². The van der Waals surface area contributed by atoms with Gasteiger partial charge in [0.25, 0.3) is 11.8 Å². The van der Waals surface area contributed by atoms with Crippen LogP contribution in [0, 0.1) is 0 Å². The molecule has 0 aliphatic heterocycles. The molecule has 6 nitrogen and oxygen atoms in total. The van der Waals surface area contributed by atoms with Crippen LogP contribution >= 0.6 is 11.8 Å². The van der Waals surface area contributed by atoms with Crippen LogP contribution in [0.2, 0.25) is 0 Å². The van der Waals surface area contributed by atoms with Gasteiger partial charge in [0.05, 0.1) is 6.61 Å². The highest BCUT2D eigenvalue weighted by atomic mass is 32.2. The molecule has 0 bridgehead atoms.